The first kappa shape index (κ1) is 7.21. The molecule has 0 bridgehead atoms. The molecule has 4 nitrogen and oxygen atoms in total. The summed E-state index contributed by atoms with van der Waals surface area (Å²) >= 11 is 0. The van der Waals surface area contributed by atoms with Gasteiger partial charge in [0.05, 0.1) is 11.9 Å². The van der Waals surface area contributed by atoms with Crippen LogP contribution >= 0.6 is 0 Å². The van der Waals surface area contributed by atoms with Gasteiger partial charge in [0.1, 0.15) is 0 Å². The molecule has 1 rings (SSSR count). The fourth-order valence-electron chi connectivity index (χ4n) is 0.838. The summed E-state index contributed by atoms with van der Waals surface area (Å²) in [6.45, 7) is 2.07. The van der Waals surface area contributed by atoms with Crippen molar-refractivity contribution in [3.8, 4) is 0 Å². The van der Waals surface area contributed by atoms with Gasteiger partial charge in [-0.2, -0.15) is 0 Å². The van der Waals surface area contributed by atoms with E-state index in [1.807, 2.05) is 14.1 Å². The molecule has 10 heavy (non-hydrogen) atoms. The lowest BCUT2D eigenvalue weighted by molar-refractivity contribution is 0.574. The second-order valence-electron chi connectivity index (χ2n) is 2.29. The average Bonchev–Trinajstić information content (AvgIpc) is 2.34. The van der Waals surface area contributed by atoms with Gasteiger partial charge in [-0.3, -0.25) is 4.68 Å². The third kappa shape index (κ3) is 1.16. The largest absolute Gasteiger partial charge is 0.312 e. The smallest absolute Gasteiger partial charge is 0.0750 e. The maximum atomic E-state index is 3.81. The van der Waals surface area contributed by atoms with Gasteiger partial charge in [0.15, 0.2) is 0 Å². The molecule has 0 saturated carbocycles. The van der Waals surface area contributed by atoms with Crippen LogP contribution in [0.1, 0.15) is 18.7 Å². The topological polar surface area (TPSA) is 42.7 Å². The van der Waals surface area contributed by atoms with Crippen LogP contribution < -0.4 is 5.32 Å². The molecule has 0 aromatic carbocycles. The molecule has 1 aromatic rings. The summed E-state index contributed by atoms with van der Waals surface area (Å²) in [5.74, 6) is 0. The van der Waals surface area contributed by atoms with Crippen molar-refractivity contribution in [2.45, 2.75) is 13.0 Å². The van der Waals surface area contributed by atoms with Gasteiger partial charge in [0.2, 0.25) is 0 Å². The first-order valence-corrected chi connectivity index (χ1v) is 3.27. The minimum Gasteiger partial charge on any atom is -0.312 e. The lowest BCUT2D eigenvalue weighted by atomic mass is 10.2. The van der Waals surface area contributed by atoms with Crippen molar-refractivity contribution < 1.29 is 0 Å². The molecule has 0 aliphatic rings. The molecule has 0 amide bonds. The van der Waals surface area contributed by atoms with E-state index in [1.165, 1.54) is 0 Å². The van der Waals surface area contributed by atoms with E-state index in [0.717, 1.165) is 5.69 Å². The van der Waals surface area contributed by atoms with Crippen molar-refractivity contribution in [3.63, 3.8) is 0 Å². The van der Waals surface area contributed by atoms with Gasteiger partial charge < -0.3 is 5.32 Å². The second kappa shape index (κ2) is 2.79. The Labute approximate surface area is 60.2 Å². The summed E-state index contributed by atoms with van der Waals surface area (Å²) in [5.41, 5.74) is 1.10. The van der Waals surface area contributed by atoms with Crippen LogP contribution in [0.3, 0.4) is 0 Å². The predicted octanol–water partition coefficient (Wildman–Crippen LogP) is 0.0955. The monoisotopic (exact) mass is 140 g/mol. The van der Waals surface area contributed by atoms with E-state index in [2.05, 4.69) is 22.6 Å². The molecule has 0 saturated heterocycles. The van der Waals surface area contributed by atoms with Gasteiger partial charge in [-0.1, -0.05) is 5.21 Å². The van der Waals surface area contributed by atoms with Gasteiger partial charge in [0, 0.05) is 13.1 Å². The molecule has 4 heteroatoms. The molecule has 1 unspecified atom stereocenters. The van der Waals surface area contributed by atoms with E-state index in [4.69, 9.17) is 0 Å². The van der Waals surface area contributed by atoms with E-state index in [1.54, 1.807) is 10.9 Å². The Morgan fingerprint density at radius 2 is 2.40 bits per heavy atom. The number of rotatable bonds is 2. The lowest BCUT2D eigenvalue weighted by Gasteiger charge is -2.07. The number of hydrogen-bond acceptors (Lipinski definition) is 3. The molecule has 0 aliphatic heterocycles. The van der Waals surface area contributed by atoms with Crippen molar-refractivity contribution in [2.75, 3.05) is 7.05 Å². The van der Waals surface area contributed by atoms with E-state index >= 15 is 0 Å². The molecule has 0 fully saturated rings. The van der Waals surface area contributed by atoms with Crippen LogP contribution in [0.5, 0.6) is 0 Å². The van der Waals surface area contributed by atoms with Crippen LogP contribution in [0.4, 0.5) is 0 Å². The summed E-state index contributed by atoms with van der Waals surface area (Å²) in [4.78, 5) is 0. The minimum absolute atomic E-state index is 0.319. The Kier molecular flexibility index (Phi) is 2.01. The normalized spacial score (nSPS) is 13.5. The molecule has 0 radical (unpaired) electrons. The van der Waals surface area contributed by atoms with Gasteiger partial charge >= 0.3 is 0 Å². The summed E-state index contributed by atoms with van der Waals surface area (Å²) in [6, 6.07) is 0.319. The van der Waals surface area contributed by atoms with Gasteiger partial charge in [-0.05, 0) is 14.0 Å². The standard InChI is InChI=1S/C6H12N4/c1-5(7-2)6-4-8-9-10(6)3/h4-5,7H,1-3H3. The second-order valence-corrected chi connectivity index (χ2v) is 2.29. The highest BCUT2D eigenvalue weighted by atomic mass is 15.4. The van der Waals surface area contributed by atoms with Crippen molar-refractivity contribution >= 4 is 0 Å². The maximum absolute atomic E-state index is 3.81. The van der Waals surface area contributed by atoms with Crippen LogP contribution in [0, 0.1) is 0 Å². The summed E-state index contributed by atoms with van der Waals surface area (Å²) in [6.07, 6.45) is 1.77. The van der Waals surface area contributed by atoms with Gasteiger partial charge in [-0.25, -0.2) is 0 Å². The molecule has 0 aliphatic carbocycles. The van der Waals surface area contributed by atoms with Crippen LogP contribution in [-0.4, -0.2) is 22.0 Å². The highest BCUT2D eigenvalue weighted by Gasteiger charge is 2.05. The predicted molar refractivity (Wildman–Crippen MR) is 38.5 cm³/mol. The van der Waals surface area contributed by atoms with Gasteiger partial charge in [0.25, 0.3) is 0 Å². The average molecular weight is 140 g/mol. The Hall–Kier alpha value is -0.900. The Morgan fingerprint density at radius 3 is 2.80 bits per heavy atom. The first-order chi connectivity index (χ1) is 4.75. The molecule has 0 spiro atoms. The first-order valence-electron chi connectivity index (χ1n) is 3.27. The number of nitrogens with zero attached hydrogens (tertiary/aromatic N) is 3. The molecule has 1 aromatic heterocycles. The lowest BCUT2D eigenvalue weighted by Crippen LogP contribution is -2.15. The fourth-order valence-corrected chi connectivity index (χ4v) is 0.838. The zero-order valence-corrected chi connectivity index (χ0v) is 6.50. The van der Waals surface area contributed by atoms with E-state index in [-0.39, 0.29) is 0 Å². The Bertz CT molecular complexity index is 205. The molecule has 1 N–H and O–H groups in total. The maximum Gasteiger partial charge on any atom is 0.0750 e. The van der Waals surface area contributed by atoms with Crippen LogP contribution in [0.25, 0.3) is 0 Å². The quantitative estimate of drug-likeness (QED) is 0.633. The van der Waals surface area contributed by atoms with Crippen LogP contribution in [0.2, 0.25) is 0 Å². The Morgan fingerprint density at radius 1 is 1.70 bits per heavy atom. The minimum atomic E-state index is 0.319. The molecule has 56 valence electrons. The van der Waals surface area contributed by atoms with Crippen molar-refractivity contribution in [1.29, 1.82) is 0 Å². The Balaban J connectivity index is 2.82. The number of aryl methyl sites for hydroxylation is 1. The molecule has 1 heterocycles. The van der Waals surface area contributed by atoms with Crippen LogP contribution in [0.15, 0.2) is 6.20 Å². The summed E-state index contributed by atoms with van der Waals surface area (Å²) in [7, 11) is 3.80. The molecular formula is C6H12N4. The number of hydrogen-bond donors (Lipinski definition) is 1. The van der Waals surface area contributed by atoms with Crippen LogP contribution in [-0.2, 0) is 7.05 Å². The third-order valence-corrected chi connectivity index (χ3v) is 1.63. The van der Waals surface area contributed by atoms with E-state index in [9.17, 15) is 0 Å². The van der Waals surface area contributed by atoms with Crippen molar-refractivity contribution in [2.24, 2.45) is 7.05 Å². The zero-order valence-electron chi connectivity index (χ0n) is 6.50. The fraction of sp³-hybridized carbons (Fsp3) is 0.667. The highest BCUT2D eigenvalue weighted by molar-refractivity contribution is 4.99. The van der Waals surface area contributed by atoms with E-state index in [0.29, 0.717) is 6.04 Å². The molecular weight excluding hydrogens is 128 g/mol. The number of aromatic nitrogens is 3. The summed E-state index contributed by atoms with van der Waals surface area (Å²) in [5, 5.41) is 10.7. The summed E-state index contributed by atoms with van der Waals surface area (Å²) < 4.78 is 1.77. The van der Waals surface area contributed by atoms with Crippen molar-refractivity contribution in [1.82, 2.24) is 20.3 Å². The number of nitrogens with one attached hydrogen (secondary N) is 1. The van der Waals surface area contributed by atoms with Crippen molar-refractivity contribution in [3.05, 3.63) is 11.9 Å². The third-order valence-electron chi connectivity index (χ3n) is 1.63. The van der Waals surface area contributed by atoms with E-state index < -0.39 is 0 Å². The SMILES string of the molecule is CNC(C)c1cnnn1C. The molecule has 1 atom stereocenters. The van der Waals surface area contributed by atoms with Gasteiger partial charge in [-0.15, -0.1) is 5.10 Å². The highest BCUT2D eigenvalue weighted by Crippen LogP contribution is 2.06. The zero-order chi connectivity index (χ0) is 7.56.